The Kier molecular flexibility index (Phi) is 10.0. The summed E-state index contributed by atoms with van der Waals surface area (Å²) in [6.45, 7) is 13.6. The van der Waals surface area contributed by atoms with Crippen LogP contribution < -0.4 is 9.80 Å². The zero-order valence-corrected chi connectivity index (χ0v) is 40.3. The summed E-state index contributed by atoms with van der Waals surface area (Å²) in [4.78, 5) is 4.69. The van der Waals surface area contributed by atoms with E-state index >= 15 is 8.78 Å². The molecular weight excluding hydrogens is 859 g/mol. The van der Waals surface area contributed by atoms with Crippen molar-refractivity contribution in [2.24, 2.45) is 0 Å². The predicted molar refractivity (Wildman–Crippen MR) is 289 cm³/mol. The van der Waals surface area contributed by atoms with Crippen molar-refractivity contribution < 1.29 is 8.78 Å². The maximum atomic E-state index is 15.8. The number of para-hydroxylation sites is 4. The lowest BCUT2D eigenvalue weighted by Gasteiger charge is -2.29. The van der Waals surface area contributed by atoms with E-state index in [1.54, 1.807) is 12.1 Å². The van der Waals surface area contributed by atoms with E-state index in [0.717, 1.165) is 101 Å². The van der Waals surface area contributed by atoms with Crippen LogP contribution in [-0.4, -0.2) is 0 Å². The van der Waals surface area contributed by atoms with Crippen LogP contribution in [0.3, 0.4) is 0 Å². The normalized spacial score (nSPS) is 13.7. The van der Waals surface area contributed by atoms with Gasteiger partial charge in [0.2, 0.25) is 0 Å². The second kappa shape index (κ2) is 16.3. The molecule has 10 aromatic carbocycles. The number of fused-ring (bicyclic) bond motifs is 7. The highest BCUT2D eigenvalue weighted by molar-refractivity contribution is 6.17. The highest BCUT2D eigenvalue weighted by atomic mass is 19.1. The fourth-order valence-electron chi connectivity index (χ4n) is 11.7. The van der Waals surface area contributed by atoms with E-state index in [1.807, 2.05) is 24.3 Å². The topological polar surface area (TPSA) is 6.48 Å². The molecule has 0 N–H and O–H groups in total. The Morgan fingerprint density at radius 2 is 0.714 bits per heavy atom. The minimum atomic E-state index is -0.480. The molecule has 0 saturated heterocycles. The lowest BCUT2D eigenvalue weighted by atomic mass is 9.76. The van der Waals surface area contributed by atoms with Gasteiger partial charge in [0.25, 0.3) is 0 Å². The lowest BCUT2D eigenvalue weighted by molar-refractivity contribution is 0.628. The molecule has 0 atom stereocenters. The molecule has 0 fully saturated rings. The van der Waals surface area contributed by atoms with Gasteiger partial charge in [-0.3, -0.25) is 0 Å². The maximum Gasteiger partial charge on any atom is 0.123 e. The second-order valence-electron chi connectivity index (χ2n) is 20.1. The number of nitrogens with zero attached hydrogens (tertiary/aromatic N) is 2. The molecule has 0 spiro atoms. The van der Waals surface area contributed by atoms with E-state index in [4.69, 9.17) is 0 Å². The Morgan fingerprint density at radius 1 is 0.329 bits per heavy atom. The molecule has 0 aromatic heterocycles. The van der Waals surface area contributed by atoms with Crippen molar-refractivity contribution in [3.05, 3.63) is 251 Å². The number of hydrogen-bond donors (Lipinski definition) is 0. The largest absolute Gasteiger partial charge is 0.310 e. The first-order valence-corrected chi connectivity index (χ1v) is 24.2. The molecule has 0 amide bonds. The quantitative estimate of drug-likeness (QED) is 0.150. The van der Waals surface area contributed by atoms with Crippen molar-refractivity contribution in [3.8, 4) is 44.5 Å². The van der Waals surface area contributed by atoms with Gasteiger partial charge in [-0.05, 0) is 200 Å². The molecule has 0 unspecified atom stereocenters. The average Bonchev–Trinajstić information content (AvgIpc) is 3.72. The third-order valence-electron chi connectivity index (χ3n) is 15.2. The first kappa shape index (κ1) is 43.2. The summed E-state index contributed by atoms with van der Waals surface area (Å²) in [5.74, 6) is -0.590. The molecule has 10 aromatic rings. The standard InChI is InChI=1S/C66H52F2N2/c1-41-19-13-15-29-59(41)69(47-25-9-7-10-26-47)49-31-33-51-55(37-49)65(3,4)57-39-53-54(61(63(51)57)43-21-17-23-45(67)35-43)40-58-64(62(53)44-22-18-24-46(68)36-44)52-34-32-50(38-56(52)66(58,5)6)70(48-27-11-8-12-28-48)60-30-16-14-20-42(60)2/h7-40H,1-6H3. The average molecular weight is 911 g/mol. The van der Waals surface area contributed by atoms with Crippen LogP contribution in [0.4, 0.5) is 42.9 Å². The predicted octanol–water partition coefficient (Wildman–Crippen LogP) is 18.6. The van der Waals surface area contributed by atoms with Crippen LogP contribution in [-0.2, 0) is 10.8 Å². The molecule has 0 saturated carbocycles. The van der Waals surface area contributed by atoms with Gasteiger partial charge in [0.1, 0.15) is 11.6 Å². The van der Waals surface area contributed by atoms with Crippen molar-refractivity contribution in [3.63, 3.8) is 0 Å². The van der Waals surface area contributed by atoms with Crippen molar-refractivity contribution in [2.45, 2.75) is 52.4 Å². The van der Waals surface area contributed by atoms with Crippen LogP contribution in [0.2, 0.25) is 0 Å². The fourth-order valence-corrected chi connectivity index (χ4v) is 11.7. The molecule has 70 heavy (non-hydrogen) atoms. The molecule has 0 radical (unpaired) electrons. The van der Waals surface area contributed by atoms with Crippen molar-refractivity contribution in [2.75, 3.05) is 9.80 Å². The first-order chi connectivity index (χ1) is 33.9. The molecule has 340 valence electrons. The minimum Gasteiger partial charge on any atom is -0.310 e. The third-order valence-corrected chi connectivity index (χ3v) is 15.2. The smallest absolute Gasteiger partial charge is 0.123 e. The third kappa shape index (κ3) is 6.72. The molecule has 2 aliphatic carbocycles. The van der Waals surface area contributed by atoms with Crippen molar-refractivity contribution >= 4 is 44.9 Å². The molecule has 2 nitrogen and oxygen atoms in total. The Balaban J connectivity index is 1.14. The van der Waals surface area contributed by atoms with Crippen molar-refractivity contribution in [1.29, 1.82) is 0 Å². The highest BCUT2D eigenvalue weighted by Gasteiger charge is 2.43. The molecule has 4 heteroatoms. The first-order valence-electron chi connectivity index (χ1n) is 24.2. The summed E-state index contributed by atoms with van der Waals surface area (Å²) in [6, 6.07) is 70.7. The van der Waals surface area contributed by atoms with Gasteiger partial charge in [0.05, 0.1) is 0 Å². The number of anilines is 6. The van der Waals surface area contributed by atoms with Gasteiger partial charge in [0, 0.05) is 45.0 Å². The van der Waals surface area contributed by atoms with E-state index in [2.05, 4.69) is 209 Å². The molecule has 0 aliphatic heterocycles. The molecule has 2 aliphatic rings. The van der Waals surface area contributed by atoms with Crippen LogP contribution in [0, 0.1) is 25.5 Å². The summed E-state index contributed by atoms with van der Waals surface area (Å²) < 4.78 is 31.6. The molecule has 0 heterocycles. The summed E-state index contributed by atoms with van der Waals surface area (Å²) >= 11 is 0. The van der Waals surface area contributed by atoms with E-state index in [-0.39, 0.29) is 11.6 Å². The maximum absolute atomic E-state index is 15.8. The van der Waals surface area contributed by atoms with Crippen LogP contribution in [0.5, 0.6) is 0 Å². The monoisotopic (exact) mass is 910 g/mol. The summed E-state index contributed by atoms with van der Waals surface area (Å²) in [5.41, 5.74) is 20.6. The second-order valence-corrected chi connectivity index (χ2v) is 20.1. The fraction of sp³-hybridized carbons (Fsp3) is 0.121. The van der Waals surface area contributed by atoms with E-state index in [9.17, 15) is 0 Å². The lowest BCUT2D eigenvalue weighted by Crippen LogP contribution is -2.17. The summed E-state index contributed by atoms with van der Waals surface area (Å²) in [6.07, 6.45) is 0. The van der Waals surface area contributed by atoms with Gasteiger partial charge in [-0.1, -0.05) is 137 Å². The molecule has 0 bridgehead atoms. The summed E-state index contributed by atoms with van der Waals surface area (Å²) in [7, 11) is 0. The Bertz CT molecular complexity index is 3470. The van der Waals surface area contributed by atoms with E-state index in [0.29, 0.717) is 0 Å². The van der Waals surface area contributed by atoms with E-state index in [1.165, 1.54) is 34.4 Å². The minimum absolute atomic E-state index is 0.295. The van der Waals surface area contributed by atoms with Gasteiger partial charge in [-0.25, -0.2) is 8.78 Å². The number of rotatable bonds is 8. The number of hydrogen-bond acceptors (Lipinski definition) is 2. The highest BCUT2D eigenvalue weighted by Crippen LogP contribution is 2.61. The SMILES string of the molecule is Cc1ccccc1N(c1ccccc1)c1ccc2c(c1)C(C)(C)c1cc3c(-c4cccc(F)c4)c4c(cc3c(-c3cccc(F)c3)c1-2)C(C)(C)c1cc(N(c2ccccc2)c2ccccc2C)ccc1-4. The van der Waals surface area contributed by atoms with Crippen LogP contribution in [0.25, 0.3) is 55.3 Å². The van der Waals surface area contributed by atoms with Crippen LogP contribution in [0.15, 0.2) is 206 Å². The van der Waals surface area contributed by atoms with Gasteiger partial charge in [-0.2, -0.15) is 0 Å². The van der Waals surface area contributed by atoms with Gasteiger partial charge >= 0.3 is 0 Å². The number of benzene rings is 10. The summed E-state index contributed by atoms with van der Waals surface area (Å²) in [5, 5.41) is 2.01. The van der Waals surface area contributed by atoms with Crippen LogP contribution >= 0.6 is 0 Å². The zero-order valence-electron chi connectivity index (χ0n) is 40.3. The zero-order chi connectivity index (χ0) is 48.1. The molecular formula is C66H52F2N2. The van der Waals surface area contributed by atoms with Crippen molar-refractivity contribution in [1.82, 2.24) is 0 Å². The van der Waals surface area contributed by atoms with Gasteiger partial charge in [-0.15, -0.1) is 0 Å². The number of aryl methyl sites for hydroxylation is 2. The van der Waals surface area contributed by atoms with E-state index < -0.39 is 10.8 Å². The Hall–Kier alpha value is -8.08. The van der Waals surface area contributed by atoms with Gasteiger partial charge < -0.3 is 9.80 Å². The Labute approximate surface area is 409 Å². The number of halogens is 2. The molecule has 12 rings (SSSR count). The van der Waals surface area contributed by atoms with Gasteiger partial charge in [0.15, 0.2) is 0 Å². The Morgan fingerprint density at radius 3 is 1.10 bits per heavy atom. The van der Waals surface area contributed by atoms with Crippen LogP contribution in [0.1, 0.15) is 61.1 Å².